The van der Waals surface area contributed by atoms with Crippen LogP contribution in [0, 0.1) is 0 Å². The summed E-state index contributed by atoms with van der Waals surface area (Å²) in [5.74, 6) is 0.539. The van der Waals surface area contributed by atoms with Gasteiger partial charge in [-0.25, -0.2) is 9.67 Å². The molecule has 3 rings (SSSR count). The summed E-state index contributed by atoms with van der Waals surface area (Å²) in [5.41, 5.74) is 1.11. The molecule has 2 N–H and O–H groups in total. The monoisotopic (exact) mass is 305 g/mol. The Morgan fingerprint density at radius 2 is 2.19 bits per heavy atom. The normalized spacial score (nSPS) is 11.5. The van der Waals surface area contributed by atoms with Crippen molar-refractivity contribution in [2.45, 2.75) is 5.03 Å². The van der Waals surface area contributed by atoms with Crippen molar-refractivity contribution in [2.24, 2.45) is 7.05 Å². The molecule has 108 valence electrons. The molecule has 0 fully saturated rings. The Hall–Kier alpha value is -2.75. The van der Waals surface area contributed by atoms with Crippen molar-refractivity contribution < 1.29 is 8.42 Å². The fourth-order valence-corrected chi connectivity index (χ4v) is 2.75. The van der Waals surface area contributed by atoms with E-state index in [1.807, 2.05) is 0 Å². The Balaban J connectivity index is 1.93. The van der Waals surface area contributed by atoms with Crippen LogP contribution in [0.25, 0.3) is 11.4 Å². The third-order valence-corrected chi connectivity index (χ3v) is 4.06. The van der Waals surface area contributed by atoms with Gasteiger partial charge in [0.2, 0.25) is 0 Å². The Bertz CT molecular complexity index is 854. The van der Waals surface area contributed by atoms with Crippen LogP contribution >= 0.6 is 0 Å². The molecule has 0 saturated heterocycles. The highest BCUT2D eigenvalue weighted by atomic mass is 32.2. The lowest BCUT2D eigenvalue weighted by Crippen LogP contribution is -2.13. The lowest BCUT2D eigenvalue weighted by molar-refractivity contribution is 0.598. The van der Waals surface area contributed by atoms with Crippen LogP contribution in [0.3, 0.4) is 0 Å². The Morgan fingerprint density at radius 1 is 1.33 bits per heavy atom. The summed E-state index contributed by atoms with van der Waals surface area (Å²) < 4.78 is 28.2. The first-order chi connectivity index (χ1) is 10.1. The van der Waals surface area contributed by atoms with E-state index in [2.05, 4.69) is 30.2 Å². The molecule has 0 amide bonds. The zero-order valence-electron chi connectivity index (χ0n) is 10.9. The highest BCUT2D eigenvalue weighted by Gasteiger charge is 2.16. The maximum Gasteiger partial charge on any atom is 0.278 e. The van der Waals surface area contributed by atoms with Gasteiger partial charge in [-0.15, -0.1) is 5.10 Å². The Kier molecular flexibility index (Phi) is 3.14. The number of hydrogen-bond donors (Lipinski definition) is 2. The number of aryl methyl sites for hydroxylation is 1. The summed E-state index contributed by atoms with van der Waals surface area (Å²) >= 11 is 0. The van der Waals surface area contributed by atoms with Crippen LogP contribution in [-0.2, 0) is 17.1 Å². The predicted octanol–water partition coefficient (Wildman–Crippen LogP) is 0.401. The Morgan fingerprint density at radius 3 is 2.86 bits per heavy atom. The minimum atomic E-state index is -3.69. The Labute approximate surface area is 120 Å². The lowest BCUT2D eigenvalue weighted by Gasteiger charge is -2.07. The first-order valence-electron chi connectivity index (χ1n) is 5.90. The van der Waals surface area contributed by atoms with Crippen LogP contribution < -0.4 is 4.72 Å². The van der Waals surface area contributed by atoms with E-state index in [-0.39, 0.29) is 5.03 Å². The molecule has 9 nitrogen and oxygen atoms in total. The second-order valence-electron chi connectivity index (χ2n) is 4.23. The molecule has 2 aromatic heterocycles. The summed E-state index contributed by atoms with van der Waals surface area (Å²) in [7, 11) is -1.99. The van der Waals surface area contributed by atoms with Gasteiger partial charge in [0, 0.05) is 18.3 Å². The highest BCUT2D eigenvalue weighted by Crippen LogP contribution is 2.21. The van der Waals surface area contributed by atoms with Crippen LogP contribution in [0.2, 0.25) is 0 Å². The van der Waals surface area contributed by atoms with Crippen molar-refractivity contribution in [3.8, 4) is 11.4 Å². The number of sulfonamides is 1. The first-order valence-corrected chi connectivity index (χ1v) is 7.38. The van der Waals surface area contributed by atoms with Gasteiger partial charge >= 0.3 is 0 Å². The average molecular weight is 305 g/mol. The maximum atomic E-state index is 12.1. The molecule has 2 heterocycles. The predicted molar refractivity (Wildman–Crippen MR) is 73.6 cm³/mol. The number of aromatic nitrogens is 6. The summed E-state index contributed by atoms with van der Waals surface area (Å²) in [6.45, 7) is 0. The van der Waals surface area contributed by atoms with Gasteiger partial charge in [0.25, 0.3) is 10.0 Å². The molecule has 0 atom stereocenters. The van der Waals surface area contributed by atoms with Gasteiger partial charge in [0.15, 0.2) is 10.9 Å². The van der Waals surface area contributed by atoms with Crippen molar-refractivity contribution in [3.63, 3.8) is 0 Å². The van der Waals surface area contributed by atoms with E-state index >= 15 is 0 Å². The number of hydrogen-bond acceptors (Lipinski definition) is 6. The quantitative estimate of drug-likeness (QED) is 0.720. The zero-order valence-corrected chi connectivity index (χ0v) is 11.7. The van der Waals surface area contributed by atoms with Crippen molar-refractivity contribution >= 4 is 15.7 Å². The van der Waals surface area contributed by atoms with Crippen molar-refractivity contribution in [1.82, 2.24) is 30.2 Å². The lowest BCUT2D eigenvalue weighted by atomic mass is 10.2. The summed E-state index contributed by atoms with van der Waals surface area (Å²) in [5, 5.41) is 11.2. The van der Waals surface area contributed by atoms with Gasteiger partial charge in [-0.2, -0.15) is 8.42 Å². The van der Waals surface area contributed by atoms with Crippen LogP contribution in [-0.4, -0.2) is 38.6 Å². The molecule has 21 heavy (non-hydrogen) atoms. The molecule has 0 unspecified atom stereocenters. The minimum absolute atomic E-state index is 0.00627. The molecule has 0 aliphatic carbocycles. The number of benzene rings is 1. The second kappa shape index (κ2) is 4.98. The number of nitrogens with one attached hydrogen (secondary N) is 2. The zero-order chi connectivity index (χ0) is 14.9. The van der Waals surface area contributed by atoms with Gasteiger partial charge in [-0.3, -0.25) is 4.72 Å². The van der Waals surface area contributed by atoms with E-state index in [1.54, 1.807) is 31.3 Å². The topological polar surface area (TPSA) is 118 Å². The largest absolute Gasteiger partial charge is 0.334 e. The smallest absolute Gasteiger partial charge is 0.278 e. The second-order valence-corrected chi connectivity index (χ2v) is 5.88. The maximum absolute atomic E-state index is 12.1. The molecule has 10 heteroatoms. The third kappa shape index (κ3) is 2.60. The molecule has 0 spiro atoms. The average Bonchev–Trinajstić information content (AvgIpc) is 3.09. The van der Waals surface area contributed by atoms with Gasteiger partial charge in [-0.05, 0) is 22.6 Å². The molecule has 0 aliphatic rings. The SMILES string of the molecule is Cn1nnnc1-c1cccc(NS(=O)(=O)c2cnc[nH]2)c1. The van der Waals surface area contributed by atoms with Crippen molar-refractivity contribution in [2.75, 3.05) is 4.72 Å². The molecule has 0 aliphatic heterocycles. The van der Waals surface area contributed by atoms with Crippen LogP contribution in [0.5, 0.6) is 0 Å². The van der Waals surface area contributed by atoms with Gasteiger partial charge in [-0.1, -0.05) is 12.1 Å². The van der Waals surface area contributed by atoms with Gasteiger partial charge in [0.05, 0.1) is 12.5 Å². The molecular weight excluding hydrogens is 294 g/mol. The van der Waals surface area contributed by atoms with E-state index in [9.17, 15) is 8.42 Å². The fourth-order valence-electron chi connectivity index (χ4n) is 1.80. The van der Waals surface area contributed by atoms with E-state index in [0.717, 1.165) is 0 Å². The number of H-pyrrole nitrogens is 1. The first kappa shape index (κ1) is 13.2. The number of aromatic amines is 1. The summed E-state index contributed by atoms with van der Waals surface area (Å²) in [6, 6.07) is 6.80. The van der Waals surface area contributed by atoms with Gasteiger partial charge < -0.3 is 4.98 Å². The number of tetrazole rings is 1. The number of imidazole rings is 1. The molecule has 1 aromatic carbocycles. The summed E-state index contributed by atoms with van der Waals surface area (Å²) in [6.07, 6.45) is 2.54. The number of nitrogens with zero attached hydrogens (tertiary/aromatic N) is 5. The highest BCUT2D eigenvalue weighted by molar-refractivity contribution is 7.92. The van der Waals surface area contributed by atoms with Crippen LogP contribution in [0.4, 0.5) is 5.69 Å². The van der Waals surface area contributed by atoms with E-state index in [0.29, 0.717) is 17.1 Å². The molecule has 0 bridgehead atoms. The molecule has 0 radical (unpaired) electrons. The standard InChI is InChI=1S/C11H11N7O2S/c1-18-11(14-16-17-18)8-3-2-4-9(5-8)15-21(19,20)10-6-12-7-13-10/h2-7,15H,1H3,(H,12,13). The van der Waals surface area contributed by atoms with Crippen LogP contribution in [0.1, 0.15) is 0 Å². The molecule has 0 saturated carbocycles. The third-order valence-electron chi connectivity index (χ3n) is 2.76. The molecular formula is C11H11N7O2S. The number of anilines is 1. The summed E-state index contributed by atoms with van der Waals surface area (Å²) in [4.78, 5) is 6.25. The van der Waals surface area contributed by atoms with E-state index < -0.39 is 10.0 Å². The van der Waals surface area contributed by atoms with Crippen molar-refractivity contribution in [1.29, 1.82) is 0 Å². The van der Waals surface area contributed by atoms with Crippen molar-refractivity contribution in [3.05, 3.63) is 36.8 Å². The van der Waals surface area contributed by atoms with Gasteiger partial charge in [0.1, 0.15) is 0 Å². The number of rotatable bonds is 4. The van der Waals surface area contributed by atoms with E-state index in [4.69, 9.17) is 0 Å². The minimum Gasteiger partial charge on any atom is -0.334 e. The fraction of sp³-hybridized carbons (Fsp3) is 0.0909. The van der Waals surface area contributed by atoms with E-state index in [1.165, 1.54) is 17.2 Å². The van der Waals surface area contributed by atoms with Crippen LogP contribution in [0.15, 0.2) is 41.8 Å². The molecule has 3 aromatic rings.